The van der Waals surface area contributed by atoms with E-state index in [2.05, 4.69) is 66.0 Å². The average Bonchev–Trinajstić information content (AvgIpc) is 4.00. The summed E-state index contributed by atoms with van der Waals surface area (Å²) in [4.78, 5) is 78.1. The van der Waals surface area contributed by atoms with Crippen molar-refractivity contribution in [3.63, 3.8) is 0 Å². The Morgan fingerprint density at radius 1 is 0.792 bits per heavy atom. The quantitative estimate of drug-likeness (QED) is 0.0315. The van der Waals surface area contributed by atoms with E-state index in [-0.39, 0.29) is 57.0 Å². The van der Waals surface area contributed by atoms with Crippen LogP contribution < -0.4 is 26.3 Å². The van der Waals surface area contributed by atoms with Gasteiger partial charge in [-0.05, 0) is 94.5 Å². The van der Waals surface area contributed by atoms with Crippen molar-refractivity contribution in [1.82, 2.24) is 25.8 Å². The van der Waals surface area contributed by atoms with Crippen molar-refractivity contribution >= 4 is 66.2 Å². The highest BCUT2D eigenvalue weighted by Crippen LogP contribution is 2.43. The van der Waals surface area contributed by atoms with Gasteiger partial charge in [0.1, 0.15) is 36.9 Å². The van der Waals surface area contributed by atoms with Gasteiger partial charge in [-0.15, -0.1) is 16.6 Å². The molecule has 0 unspecified atom stereocenters. The number of nitrogens with zero attached hydrogens (tertiary/aromatic N) is 3. The summed E-state index contributed by atoms with van der Waals surface area (Å²) in [6, 6.07) is 17.4. The summed E-state index contributed by atoms with van der Waals surface area (Å²) in [7, 11) is 1.37. The smallest absolute Gasteiger partial charge is 0.437 e. The summed E-state index contributed by atoms with van der Waals surface area (Å²) in [5.74, 6) is -2.05. The Balaban J connectivity index is 1.40. The molecule has 0 bridgehead atoms. The third kappa shape index (κ3) is 17.0. The number of methoxy groups -OCH3 is 3. The van der Waals surface area contributed by atoms with Crippen LogP contribution >= 0.6 is 11.6 Å². The van der Waals surface area contributed by atoms with Crippen molar-refractivity contribution in [2.75, 3.05) is 61.2 Å². The molecular formula is C56H85ClN6O13Si. The fourth-order valence-electron chi connectivity index (χ4n) is 10.3. The van der Waals surface area contributed by atoms with Crippen molar-refractivity contribution in [2.45, 2.75) is 160 Å². The maximum atomic E-state index is 15.6. The fraction of sp³-hybridized carbons (Fsp3) is 0.643. The number of halogens is 1. The van der Waals surface area contributed by atoms with Crippen LogP contribution in [0, 0.1) is 11.8 Å². The number of aliphatic imine (C=N–C) groups is 1. The summed E-state index contributed by atoms with van der Waals surface area (Å²) < 4.78 is 46.8. The molecule has 1 aliphatic carbocycles. The second-order valence-electron chi connectivity index (χ2n) is 23.2. The van der Waals surface area contributed by atoms with E-state index < -0.39 is 90.4 Å². The Morgan fingerprint density at radius 2 is 1.36 bits per heavy atom. The summed E-state index contributed by atoms with van der Waals surface area (Å²) in [5.41, 5.74) is -0.741. The standard InChI is InChI=1S/C56H85ClN6O13Si/c1-36(2)46(57)47(59-49(65)45(71-14)33-74-77(56(9,10)11,39-21-17-15-18-22-39)40-23-19-16-20-24-40)50(66)63-41-31-44(73-35-70-13)43(72-34-69-12)30-38(41)29-42(63)48(64)58-27-25-37-26-28-62(32-37)51(60-52(67)75-54(3,4)5)61-53(68)76-55(6,7)8/h15-24,26,36,38,41-47H,25,27-35H2,1-14H3,(H,58,64)(H,59,65)(H,60,61,67,68)/t38-,41+,42+,43+,44+,45-,46-,47-/m1/s1. The van der Waals surface area contributed by atoms with E-state index in [0.717, 1.165) is 15.9 Å². The average molecular weight is 1110 g/mol. The van der Waals surface area contributed by atoms with Gasteiger partial charge in [-0.3, -0.25) is 19.7 Å². The summed E-state index contributed by atoms with van der Waals surface area (Å²) in [5, 5.41) is 9.44. The van der Waals surface area contributed by atoms with E-state index in [1.54, 1.807) is 51.3 Å². The van der Waals surface area contributed by atoms with Crippen LogP contribution in [0.3, 0.4) is 0 Å². The monoisotopic (exact) mass is 1110 g/mol. The van der Waals surface area contributed by atoms with Gasteiger partial charge in [-0.1, -0.05) is 107 Å². The number of nitrogens with one attached hydrogen (secondary N) is 3. The van der Waals surface area contributed by atoms with Crippen molar-refractivity contribution in [2.24, 2.45) is 16.8 Å². The van der Waals surface area contributed by atoms with Gasteiger partial charge in [0.2, 0.25) is 17.8 Å². The van der Waals surface area contributed by atoms with Gasteiger partial charge in [0.05, 0.1) is 24.2 Å². The molecule has 0 spiro atoms. The number of fused-ring (bicyclic) bond motifs is 1. The molecule has 2 heterocycles. The predicted octanol–water partition coefficient (Wildman–Crippen LogP) is 6.25. The molecule has 3 N–H and O–H groups in total. The lowest BCUT2D eigenvalue weighted by molar-refractivity contribution is -0.181. The molecule has 0 radical (unpaired) electrons. The van der Waals surface area contributed by atoms with Gasteiger partial charge in [0, 0.05) is 47.0 Å². The van der Waals surface area contributed by atoms with Gasteiger partial charge < -0.3 is 58.0 Å². The molecule has 0 aromatic heterocycles. The number of ether oxygens (including phenoxy) is 7. The Morgan fingerprint density at radius 3 is 1.88 bits per heavy atom. The number of alkyl carbamates (subject to hydrolysis) is 1. The molecule has 5 rings (SSSR count). The number of amides is 5. The number of carbonyl (C=O) groups excluding carboxylic acids is 5. The number of rotatable bonds is 21. The van der Waals surface area contributed by atoms with Gasteiger partial charge in [-0.2, -0.15) is 0 Å². The van der Waals surface area contributed by atoms with E-state index in [1.165, 1.54) is 21.3 Å². The first-order valence-corrected chi connectivity index (χ1v) is 28.9. The highest BCUT2D eigenvalue weighted by atomic mass is 35.5. The highest BCUT2D eigenvalue weighted by Gasteiger charge is 2.55. The molecule has 2 aromatic carbocycles. The molecule has 21 heteroatoms. The zero-order valence-corrected chi connectivity index (χ0v) is 49.4. The molecule has 5 amide bonds. The molecule has 1 saturated heterocycles. The molecule has 428 valence electrons. The van der Waals surface area contributed by atoms with Crippen LogP contribution in [0.5, 0.6) is 0 Å². The van der Waals surface area contributed by atoms with E-state index in [4.69, 9.17) is 49.2 Å². The molecule has 2 aromatic rings. The van der Waals surface area contributed by atoms with E-state index in [0.29, 0.717) is 32.2 Å². The Labute approximate surface area is 461 Å². The van der Waals surface area contributed by atoms with E-state index in [1.807, 2.05) is 56.3 Å². The number of carbonyl (C=O) groups is 5. The van der Waals surface area contributed by atoms with Crippen LogP contribution in [0.2, 0.25) is 5.04 Å². The second-order valence-corrected chi connectivity index (χ2v) is 28.0. The minimum atomic E-state index is -3.12. The summed E-state index contributed by atoms with van der Waals surface area (Å²) in [6.07, 6.45) is -0.424. The third-order valence-corrected chi connectivity index (χ3v) is 19.5. The van der Waals surface area contributed by atoms with Crippen molar-refractivity contribution in [3.05, 3.63) is 72.3 Å². The molecule has 2 fully saturated rings. The topological polar surface area (TPSA) is 214 Å². The minimum Gasteiger partial charge on any atom is -0.444 e. The van der Waals surface area contributed by atoms with E-state index >= 15 is 4.79 Å². The maximum Gasteiger partial charge on any atom is 0.437 e. The van der Waals surface area contributed by atoms with Crippen molar-refractivity contribution < 1.29 is 61.6 Å². The Kier molecular flexibility index (Phi) is 22.7. The molecule has 19 nitrogen and oxygen atoms in total. The highest BCUT2D eigenvalue weighted by molar-refractivity contribution is 6.99. The van der Waals surface area contributed by atoms with Gasteiger partial charge in [0.25, 0.3) is 14.2 Å². The van der Waals surface area contributed by atoms with Crippen molar-refractivity contribution in [1.29, 1.82) is 0 Å². The predicted molar refractivity (Wildman–Crippen MR) is 296 cm³/mol. The zero-order chi connectivity index (χ0) is 56.9. The number of likely N-dealkylation sites (tertiary alicyclic amines) is 1. The van der Waals surface area contributed by atoms with Gasteiger partial charge in [-0.25, -0.2) is 9.59 Å². The van der Waals surface area contributed by atoms with Crippen LogP contribution in [0.4, 0.5) is 9.59 Å². The molecule has 3 aliphatic rings. The van der Waals surface area contributed by atoms with Crippen molar-refractivity contribution in [3.8, 4) is 0 Å². The minimum absolute atomic E-state index is 0.0109. The normalized spacial score (nSPS) is 21.4. The maximum absolute atomic E-state index is 15.6. The molecule has 8 atom stereocenters. The van der Waals surface area contributed by atoms with E-state index in [9.17, 15) is 19.2 Å². The van der Waals surface area contributed by atoms with Crippen LogP contribution in [-0.4, -0.2) is 168 Å². The lowest BCUT2D eigenvalue weighted by atomic mass is 9.81. The lowest BCUT2D eigenvalue weighted by Gasteiger charge is -2.43. The summed E-state index contributed by atoms with van der Waals surface area (Å²) in [6.45, 7) is 21.1. The first-order chi connectivity index (χ1) is 36.2. The number of guanidine groups is 1. The van der Waals surface area contributed by atoms with Crippen LogP contribution in [0.1, 0.15) is 102 Å². The molecular weight excluding hydrogens is 1030 g/mol. The summed E-state index contributed by atoms with van der Waals surface area (Å²) >= 11 is 7.22. The number of alkyl halides is 1. The largest absolute Gasteiger partial charge is 0.444 e. The molecule has 1 saturated carbocycles. The Hall–Kier alpha value is -4.93. The van der Waals surface area contributed by atoms with Crippen LogP contribution in [0.15, 0.2) is 77.3 Å². The number of hydrogen-bond acceptors (Lipinski definition) is 13. The first-order valence-electron chi connectivity index (χ1n) is 26.5. The van der Waals surface area contributed by atoms with Gasteiger partial charge >= 0.3 is 12.2 Å². The lowest BCUT2D eigenvalue weighted by Crippen LogP contribution is -2.67. The third-order valence-electron chi connectivity index (χ3n) is 13.8. The first kappa shape index (κ1) is 62.9. The van der Waals surface area contributed by atoms with Crippen LogP contribution in [-0.2, 0) is 52.0 Å². The SMILES string of the molecule is COCO[C@H]1C[C@H]2C[C@@H](C(=O)NCCC3=CCN(/C(=N\C(=O)OC(C)(C)C)NC(=O)OC(C)(C)C)C3)N(C(=O)[C@H](NC(=O)[C@@H](CO[Si](c3ccccc3)(c3ccccc3)C(C)(C)C)OC)[C@H](Cl)C(C)C)[C@H]2C[C@@H]1OCOC. The number of hydrogen-bond donors (Lipinski definition) is 3. The van der Waals surface area contributed by atoms with Gasteiger partial charge in [0.15, 0.2) is 6.10 Å². The second kappa shape index (κ2) is 27.8. The molecule has 2 aliphatic heterocycles. The fourth-order valence-corrected chi connectivity index (χ4v) is 15.0. The number of benzene rings is 2. The molecule has 77 heavy (non-hydrogen) atoms. The Bertz CT molecular complexity index is 2300. The zero-order valence-electron chi connectivity index (χ0n) is 47.6. The van der Waals surface area contributed by atoms with Crippen LogP contribution in [0.25, 0.3) is 0 Å².